The summed E-state index contributed by atoms with van der Waals surface area (Å²) >= 11 is 0. The minimum absolute atomic E-state index is 0.238. The predicted octanol–water partition coefficient (Wildman–Crippen LogP) is 18.1. The molecule has 0 heterocycles. The van der Waals surface area contributed by atoms with Gasteiger partial charge in [0.25, 0.3) is 0 Å². The molecule has 0 saturated heterocycles. The molecule has 0 radical (unpaired) electrons. The second-order valence-corrected chi connectivity index (χ2v) is 18.0. The van der Waals surface area contributed by atoms with E-state index >= 15 is 0 Å². The lowest BCUT2D eigenvalue weighted by Crippen LogP contribution is -2.60. The van der Waals surface area contributed by atoms with E-state index in [9.17, 15) is 0 Å². The Bertz CT molecular complexity index is 892. The van der Waals surface area contributed by atoms with Gasteiger partial charge < -0.3 is 4.48 Å². The second-order valence-electron chi connectivity index (χ2n) is 18.0. The highest BCUT2D eigenvalue weighted by Gasteiger charge is 2.47. The largest absolute Gasteiger partial charge is 0.316 e. The summed E-state index contributed by atoms with van der Waals surface area (Å²) in [6.07, 6.45) is 53.5. The molecule has 1 aromatic carbocycles. The van der Waals surface area contributed by atoms with Gasteiger partial charge in [0.15, 0.2) is 0 Å². The summed E-state index contributed by atoms with van der Waals surface area (Å²) in [4.78, 5) is 0. The van der Waals surface area contributed by atoms with Gasteiger partial charge in [0.1, 0.15) is 12.1 Å². The van der Waals surface area contributed by atoms with Crippen LogP contribution < -0.4 is 0 Å². The van der Waals surface area contributed by atoms with Crippen molar-refractivity contribution in [2.45, 2.75) is 271 Å². The lowest BCUT2D eigenvalue weighted by atomic mass is 9.74. The zero-order valence-corrected chi connectivity index (χ0v) is 37.6. The Morgan fingerprint density at radius 2 is 0.774 bits per heavy atom. The SMILES string of the molecule is CCCCCCCCCC/C=C(/CCCCCCCCCC)C(CCCCCCCCCC)(CCCCCCCCCC)[N+](C)(C)Cc1ccccc1. The van der Waals surface area contributed by atoms with Crippen LogP contribution in [0.3, 0.4) is 0 Å². The molecule has 53 heavy (non-hydrogen) atoms. The van der Waals surface area contributed by atoms with E-state index < -0.39 is 0 Å². The van der Waals surface area contributed by atoms with Crippen molar-refractivity contribution in [3.05, 3.63) is 47.5 Å². The molecule has 0 atom stereocenters. The van der Waals surface area contributed by atoms with Gasteiger partial charge >= 0.3 is 0 Å². The number of nitrogens with zero attached hydrogens (tertiary/aromatic N) is 1. The first-order valence-electron chi connectivity index (χ1n) is 24.5. The molecule has 0 aliphatic carbocycles. The van der Waals surface area contributed by atoms with Gasteiger partial charge in [0.05, 0.1) is 14.1 Å². The highest BCUT2D eigenvalue weighted by Crippen LogP contribution is 2.43. The fourth-order valence-corrected chi connectivity index (χ4v) is 9.26. The van der Waals surface area contributed by atoms with E-state index in [0.29, 0.717) is 0 Å². The summed E-state index contributed by atoms with van der Waals surface area (Å²) in [6, 6.07) is 11.6. The standard InChI is InChI=1S/C52H98N/c1-7-11-15-19-23-27-29-33-40-46-51(45-39-32-28-24-20-16-12-8-2)52(47-41-34-30-25-21-17-13-9-3,48-42-35-31-26-22-18-14-10-4)53(5,6)49-50-43-37-36-38-44-50/h36-38,43-44,46H,7-35,39-42,45,47-49H2,1-6H3/q+1/b51-46-. The fraction of sp³-hybridized carbons (Fsp3) is 0.846. The highest BCUT2D eigenvalue weighted by atomic mass is 15.4. The van der Waals surface area contributed by atoms with Crippen molar-refractivity contribution < 1.29 is 4.48 Å². The van der Waals surface area contributed by atoms with Crippen molar-refractivity contribution in [2.24, 2.45) is 0 Å². The van der Waals surface area contributed by atoms with Crippen LogP contribution in [0.25, 0.3) is 0 Å². The van der Waals surface area contributed by atoms with Gasteiger partial charge in [-0.15, -0.1) is 0 Å². The number of rotatable bonds is 40. The van der Waals surface area contributed by atoms with Crippen LogP contribution in [-0.2, 0) is 6.54 Å². The number of unbranched alkanes of at least 4 members (excludes halogenated alkanes) is 29. The van der Waals surface area contributed by atoms with E-state index in [1.54, 1.807) is 0 Å². The topological polar surface area (TPSA) is 0 Å². The first-order chi connectivity index (χ1) is 26.0. The minimum atomic E-state index is 0.238. The Labute approximate surface area is 335 Å². The van der Waals surface area contributed by atoms with Gasteiger partial charge in [0.2, 0.25) is 0 Å². The molecule has 0 bridgehead atoms. The van der Waals surface area contributed by atoms with E-state index in [4.69, 9.17) is 0 Å². The molecular weight excluding hydrogens is 639 g/mol. The van der Waals surface area contributed by atoms with Crippen LogP contribution in [0.5, 0.6) is 0 Å². The summed E-state index contributed by atoms with van der Waals surface area (Å²) < 4.78 is 1.12. The monoisotopic (exact) mass is 737 g/mol. The maximum atomic E-state index is 2.86. The van der Waals surface area contributed by atoms with Gasteiger partial charge in [0, 0.05) is 18.4 Å². The van der Waals surface area contributed by atoms with Crippen LogP contribution in [0.2, 0.25) is 0 Å². The zero-order valence-electron chi connectivity index (χ0n) is 37.6. The summed E-state index contributed by atoms with van der Waals surface area (Å²) in [5.74, 6) is 0. The van der Waals surface area contributed by atoms with E-state index in [-0.39, 0.29) is 5.54 Å². The highest BCUT2D eigenvalue weighted by molar-refractivity contribution is 5.20. The minimum Gasteiger partial charge on any atom is -0.316 e. The number of allylic oxidation sites excluding steroid dienone is 1. The molecule has 1 heteroatoms. The molecule has 310 valence electrons. The number of benzene rings is 1. The number of quaternary nitrogens is 1. The Hall–Kier alpha value is -1.08. The van der Waals surface area contributed by atoms with Gasteiger partial charge in [-0.05, 0) is 44.1 Å². The predicted molar refractivity (Wildman–Crippen MR) is 242 cm³/mol. The third-order valence-electron chi connectivity index (χ3n) is 12.8. The lowest BCUT2D eigenvalue weighted by Gasteiger charge is -2.51. The first-order valence-corrected chi connectivity index (χ1v) is 24.5. The Kier molecular flexibility index (Phi) is 33.3. The van der Waals surface area contributed by atoms with Crippen LogP contribution >= 0.6 is 0 Å². The van der Waals surface area contributed by atoms with Gasteiger partial charge in [-0.3, -0.25) is 0 Å². The van der Waals surface area contributed by atoms with Crippen molar-refractivity contribution in [3.8, 4) is 0 Å². The van der Waals surface area contributed by atoms with Crippen molar-refractivity contribution in [2.75, 3.05) is 14.1 Å². The maximum Gasteiger partial charge on any atom is 0.121 e. The molecule has 0 spiro atoms. The third-order valence-corrected chi connectivity index (χ3v) is 12.8. The number of likely N-dealkylation sites (N-methyl/N-ethyl adjacent to an activating group) is 1. The quantitative estimate of drug-likeness (QED) is 0.0357. The van der Waals surface area contributed by atoms with Crippen LogP contribution in [0.15, 0.2) is 42.0 Å². The van der Waals surface area contributed by atoms with E-state index in [0.717, 1.165) is 11.0 Å². The van der Waals surface area contributed by atoms with Crippen molar-refractivity contribution in [1.29, 1.82) is 0 Å². The molecule has 1 aromatic rings. The molecule has 0 amide bonds. The molecule has 1 nitrogen and oxygen atoms in total. The summed E-state index contributed by atoms with van der Waals surface area (Å²) in [7, 11) is 5.28. The van der Waals surface area contributed by atoms with Gasteiger partial charge in [-0.25, -0.2) is 0 Å². The van der Waals surface area contributed by atoms with Crippen LogP contribution in [0, 0.1) is 0 Å². The molecular formula is C52H98N+. The van der Waals surface area contributed by atoms with Gasteiger partial charge in [-0.1, -0.05) is 244 Å². The Morgan fingerprint density at radius 3 is 1.17 bits per heavy atom. The first kappa shape index (κ1) is 49.9. The molecule has 0 unspecified atom stereocenters. The Morgan fingerprint density at radius 1 is 0.434 bits per heavy atom. The summed E-state index contributed by atoms with van der Waals surface area (Å²) in [5.41, 5.74) is 3.63. The van der Waals surface area contributed by atoms with E-state index in [1.807, 2.05) is 5.57 Å². The Balaban J connectivity index is 3.31. The number of hydrogen-bond donors (Lipinski definition) is 0. The van der Waals surface area contributed by atoms with Crippen molar-refractivity contribution in [3.63, 3.8) is 0 Å². The van der Waals surface area contributed by atoms with E-state index in [2.05, 4.69) is 78.2 Å². The van der Waals surface area contributed by atoms with Crippen molar-refractivity contribution in [1.82, 2.24) is 0 Å². The van der Waals surface area contributed by atoms with Crippen molar-refractivity contribution >= 4 is 0 Å². The summed E-state index contributed by atoms with van der Waals surface area (Å²) in [6.45, 7) is 10.5. The van der Waals surface area contributed by atoms with Gasteiger partial charge in [-0.2, -0.15) is 0 Å². The molecule has 1 rings (SSSR count). The molecule has 0 N–H and O–H groups in total. The van der Waals surface area contributed by atoms with Crippen LogP contribution in [-0.4, -0.2) is 24.1 Å². The van der Waals surface area contributed by atoms with Crippen LogP contribution in [0.4, 0.5) is 0 Å². The fourth-order valence-electron chi connectivity index (χ4n) is 9.26. The zero-order chi connectivity index (χ0) is 38.6. The molecule has 0 fully saturated rings. The molecule has 0 aliphatic rings. The average molecular weight is 737 g/mol. The van der Waals surface area contributed by atoms with E-state index in [1.165, 1.54) is 237 Å². The smallest absolute Gasteiger partial charge is 0.121 e. The number of hydrogen-bond acceptors (Lipinski definition) is 0. The second kappa shape index (κ2) is 35.3. The molecule has 0 aromatic heterocycles. The average Bonchev–Trinajstić information content (AvgIpc) is 3.15. The van der Waals surface area contributed by atoms with Crippen LogP contribution in [0.1, 0.15) is 264 Å². The third kappa shape index (κ3) is 24.9. The maximum absolute atomic E-state index is 2.86. The lowest BCUT2D eigenvalue weighted by molar-refractivity contribution is -0.949. The normalized spacial score (nSPS) is 12.6. The summed E-state index contributed by atoms with van der Waals surface area (Å²) in [5, 5.41) is 0. The molecule has 0 saturated carbocycles. The molecule has 0 aliphatic heterocycles.